The van der Waals surface area contributed by atoms with Crippen molar-refractivity contribution in [2.45, 2.75) is 340 Å². The number of esters is 3. The van der Waals surface area contributed by atoms with Crippen LogP contribution in [0.3, 0.4) is 0 Å². The van der Waals surface area contributed by atoms with Crippen molar-refractivity contribution in [2.24, 2.45) is 0 Å². The fourth-order valence-corrected chi connectivity index (χ4v) is 10.0. The highest BCUT2D eigenvalue weighted by molar-refractivity contribution is 5.74. The Bertz CT molecular complexity index is 1640. The van der Waals surface area contributed by atoms with E-state index in [2.05, 4.69) is 81.5 Å². The van der Waals surface area contributed by atoms with Crippen LogP contribution in [0.5, 0.6) is 0 Å². The van der Waals surface area contributed by atoms with Crippen LogP contribution in [0.2, 0.25) is 0 Å². The summed E-state index contributed by atoms with van der Waals surface area (Å²) in [6.07, 6.45) is 58.9. The lowest BCUT2D eigenvalue weighted by Crippen LogP contribution is -2.61. The van der Waals surface area contributed by atoms with E-state index >= 15 is 0 Å². The monoisotopic (exact) mass is 1140 g/mol. The molecule has 1 fully saturated rings. The molecule has 1 saturated heterocycles. The first-order valence-electron chi connectivity index (χ1n) is 33.3. The quantitative estimate of drug-likeness (QED) is 0.0228. The molecule has 0 bridgehead atoms. The van der Waals surface area contributed by atoms with Gasteiger partial charge in [0.1, 0.15) is 18.8 Å². The number of rotatable bonds is 57. The van der Waals surface area contributed by atoms with E-state index in [1.54, 1.807) is 0 Å². The highest BCUT2D eigenvalue weighted by atomic mass is 16.7. The van der Waals surface area contributed by atoms with E-state index < -0.39 is 67.3 Å². The summed E-state index contributed by atoms with van der Waals surface area (Å²) in [5.74, 6) is -3.13. The Morgan fingerprint density at radius 1 is 0.420 bits per heavy atom. The Balaban J connectivity index is 2.66. The molecule has 1 aliphatic heterocycles. The fraction of sp³-hybridized carbons (Fsp3) is 0.797. The molecular weight excluding hydrogens is 1020 g/mol. The van der Waals surface area contributed by atoms with Crippen LogP contribution in [0.1, 0.15) is 303 Å². The molecule has 468 valence electrons. The van der Waals surface area contributed by atoms with E-state index in [0.29, 0.717) is 19.3 Å². The fourth-order valence-electron chi connectivity index (χ4n) is 10.0. The van der Waals surface area contributed by atoms with Gasteiger partial charge in [0.2, 0.25) is 0 Å². The molecule has 1 rings (SSSR count). The first-order valence-corrected chi connectivity index (χ1v) is 33.3. The van der Waals surface area contributed by atoms with Gasteiger partial charge >= 0.3 is 23.9 Å². The van der Waals surface area contributed by atoms with Crippen molar-refractivity contribution < 1.29 is 58.2 Å². The van der Waals surface area contributed by atoms with Crippen LogP contribution < -0.4 is 0 Å². The number of aliphatic carboxylic acids is 1. The molecule has 3 N–H and O–H groups in total. The van der Waals surface area contributed by atoms with Gasteiger partial charge in [0, 0.05) is 19.3 Å². The number of allylic oxidation sites excluding steroid dienone is 10. The molecule has 81 heavy (non-hydrogen) atoms. The van der Waals surface area contributed by atoms with E-state index in [1.165, 1.54) is 148 Å². The Labute approximate surface area is 494 Å². The third-order valence-corrected chi connectivity index (χ3v) is 15.1. The van der Waals surface area contributed by atoms with Gasteiger partial charge in [-0.1, -0.05) is 261 Å². The van der Waals surface area contributed by atoms with E-state index in [1.807, 2.05) is 0 Å². The molecule has 6 unspecified atom stereocenters. The number of aliphatic hydroxyl groups excluding tert-OH is 2. The number of aliphatic hydroxyl groups is 2. The number of carboxylic acids is 1. The minimum absolute atomic E-state index is 0.0329. The number of hydrogen-bond acceptors (Lipinski definition) is 11. The summed E-state index contributed by atoms with van der Waals surface area (Å²) in [6, 6.07) is 0. The third-order valence-electron chi connectivity index (χ3n) is 15.1. The first kappa shape index (κ1) is 75.4. The average molecular weight is 1140 g/mol. The van der Waals surface area contributed by atoms with Crippen LogP contribution in [0.4, 0.5) is 0 Å². The van der Waals surface area contributed by atoms with E-state index in [4.69, 9.17) is 23.7 Å². The molecule has 0 aliphatic carbocycles. The van der Waals surface area contributed by atoms with Crippen LogP contribution in [0.25, 0.3) is 0 Å². The minimum atomic E-state index is -1.91. The van der Waals surface area contributed by atoms with E-state index in [9.17, 15) is 34.5 Å². The van der Waals surface area contributed by atoms with Gasteiger partial charge in [-0.3, -0.25) is 14.4 Å². The second-order valence-electron chi connectivity index (χ2n) is 22.7. The largest absolute Gasteiger partial charge is 0.479 e. The maximum Gasteiger partial charge on any atom is 0.335 e. The second kappa shape index (κ2) is 56.9. The summed E-state index contributed by atoms with van der Waals surface area (Å²) in [5, 5.41) is 31.6. The zero-order valence-electron chi connectivity index (χ0n) is 51.8. The summed E-state index contributed by atoms with van der Waals surface area (Å²) in [7, 11) is 0. The molecular formula is C69H120O12. The average Bonchev–Trinajstić information content (AvgIpc) is 3.53. The summed E-state index contributed by atoms with van der Waals surface area (Å²) in [5.41, 5.74) is 0. The van der Waals surface area contributed by atoms with Crippen molar-refractivity contribution in [3.05, 3.63) is 60.8 Å². The highest BCUT2D eigenvalue weighted by Gasteiger charge is 2.50. The number of unbranched alkanes of at least 4 members (excludes halogenated alkanes) is 33. The van der Waals surface area contributed by atoms with Gasteiger partial charge in [0.15, 0.2) is 24.6 Å². The molecule has 12 heteroatoms. The standard InChI is InChI=1S/C69H120O12/c1-4-7-10-13-16-19-22-25-28-31-34-37-40-43-46-49-52-55-61(70)77-58-60(79-62(71)56-53-50-47-44-41-38-35-32-29-26-23-20-17-14-11-8-5-2)59-78-69-67(65(74)64(73)66(81-69)68(75)76)80-63(72)57-54-51-48-45-42-39-36-33-30-27-24-21-18-15-12-9-6-3/h9,12,18,21,25,27-28,30,36,39,60,64-67,69,73-74H,4-8,10-11,13-17,19-20,22-24,26,29,31-35,37-38,40-59H2,1-3H3,(H,75,76)/b12-9-,21-18-,28-25-,30-27-,39-36-. The number of carbonyl (C=O) groups is 4. The molecule has 0 aromatic rings. The Hall–Kier alpha value is -3.58. The Kier molecular flexibility index (Phi) is 53.0. The first-order chi connectivity index (χ1) is 39.6. The molecule has 0 aromatic heterocycles. The van der Waals surface area contributed by atoms with E-state index in [-0.39, 0.29) is 25.9 Å². The topological polar surface area (TPSA) is 175 Å². The van der Waals surface area contributed by atoms with Gasteiger partial charge in [-0.2, -0.15) is 0 Å². The molecule has 0 radical (unpaired) electrons. The lowest BCUT2D eigenvalue weighted by atomic mass is 9.98. The normalized spacial score (nSPS) is 18.1. The zero-order valence-corrected chi connectivity index (χ0v) is 51.8. The van der Waals surface area contributed by atoms with Crippen molar-refractivity contribution in [3.63, 3.8) is 0 Å². The Morgan fingerprint density at radius 3 is 1.20 bits per heavy atom. The molecule has 0 amide bonds. The van der Waals surface area contributed by atoms with Gasteiger partial charge in [-0.15, -0.1) is 0 Å². The lowest BCUT2D eigenvalue weighted by Gasteiger charge is -2.40. The number of carboxylic acid groups (broad SMARTS) is 1. The van der Waals surface area contributed by atoms with E-state index in [0.717, 1.165) is 96.3 Å². The van der Waals surface area contributed by atoms with Crippen LogP contribution in [0, 0.1) is 0 Å². The molecule has 1 aliphatic rings. The predicted octanol–water partition coefficient (Wildman–Crippen LogP) is 17.9. The second-order valence-corrected chi connectivity index (χ2v) is 22.7. The maximum atomic E-state index is 13.2. The van der Waals surface area contributed by atoms with Gasteiger partial charge in [-0.25, -0.2) is 4.79 Å². The molecule has 0 spiro atoms. The summed E-state index contributed by atoms with van der Waals surface area (Å²) < 4.78 is 28.5. The molecule has 6 atom stereocenters. The predicted molar refractivity (Wildman–Crippen MR) is 331 cm³/mol. The lowest BCUT2D eigenvalue weighted by molar-refractivity contribution is -0.301. The number of hydrogen-bond donors (Lipinski definition) is 3. The van der Waals surface area contributed by atoms with Crippen molar-refractivity contribution in [3.8, 4) is 0 Å². The molecule has 12 nitrogen and oxygen atoms in total. The molecule has 0 saturated carbocycles. The minimum Gasteiger partial charge on any atom is -0.479 e. The van der Waals surface area contributed by atoms with Crippen LogP contribution in [-0.4, -0.2) is 89.2 Å². The maximum absolute atomic E-state index is 13.2. The van der Waals surface area contributed by atoms with Gasteiger partial charge in [0.05, 0.1) is 6.61 Å². The van der Waals surface area contributed by atoms with Gasteiger partial charge < -0.3 is 39.0 Å². The number of carbonyl (C=O) groups excluding carboxylic acids is 3. The summed E-state index contributed by atoms with van der Waals surface area (Å²) in [6.45, 7) is 5.91. The smallest absolute Gasteiger partial charge is 0.335 e. The van der Waals surface area contributed by atoms with Crippen molar-refractivity contribution in [2.75, 3.05) is 13.2 Å². The van der Waals surface area contributed by atoms with Crippen LogP contribution >= 0.6 is 0 Å². The molecule has 1 heterocycles. The highest BCUT2D eigenvalue weighted by Crippen LogP contribution is 2.27. The SMILES string of the molecule is CC/C=C\C/C=C\C/C=C\C/C=C\CCCCCCC(=O)OC1C(OCC(COC(=O)CCCCCCCCC/C=C\CCCCCCCC)OC(=O)CCCCCCCCCCCCCCCCCCC)OC(C(=O)O)C(O)C1O. The number of ether oxygens (including phenoxy) is 5. The van der Waals surface area contributed by atoms with Crippen molar-refractivity contribution >= 4 is 23.9 Å². The third kappa shape index (κ3) is 46.5. The van der Waals surface area contributed by atoms with Crippen molar-refractivity contribution in [1.82, 2.24) is 0 Å². The summed E-state index contributed by atoms with van der Waals surface area (Å²) >= 11 is 0. The van der Waals surface area contributed by atoms with Gasteiger partial charge in [-0.05, 0) is 83.5 Å². The van der Waals surface area contributed by atoms with Crippen molar-refractivity contribution in [1.29, 1.82) is 0 Å². The summed E-state index contributed by atoms with van der Waals surface area (Å²) in [4.78, 5) is 51.4. The van der Waals surface area contributed by atoms with Gasteiger partial charge in [0.25, 0.3) is 0 Å². The zero-order chi connectivity index (χ0) is 58.9. The van der Waals surface area contributed by atoms with Crippen LogP contribution in [0.15, 0.2) is 60.8 Å². The Morgan fingerprint density at radius 2 is 0.778 bits per heavy atom. The van der Waals surface area contributed by atoms with Crippen LogP contribution in [-0.2, 0) is 42.9 Å². The molecule has 0 aromatic carbocycles.